The second kappa shape index (κ2) is 5.91. The number of ether oxygens (including phenoxy) is 1. The lowest BCUT2D eigenvalue weighted by Crippen LogP contribution is -2.12. The average Bonchev–Trinajstić information content (AvgIpc) is 2.53. The van der Waals surface area contributed by atoms with Crippen LogP contribution in [0.15, 0.2) is 53.5 Å². The third-order valence-corrected chi connectivity index (χ3v) is 3.78. The maximum atomic E-state index is 5.30. The summed E-state index contributed by atoms with van der Waals surface area (Å²) in [5.41, 5.74) is 5.16. The largest absolute Gasteiger partial charge is 0.497 e. The zero-order chi connectivity index (χ0) is 13.8. The molecule has 0 spiro atoms. The van der Waals surface area contributed by atoms with Gasteiger partial charge < -0.3 is 4.74 Å². The lowest BCUT2D eigenvalue weighted by atomic mass is 9.90. The Bertz CT molecular complexity index is 617. The molecule has 2 aromatic rings. The highest BCUT2D eigenvalue weighted by Gasteiger charge is 2.15. The smallest absolute Gasteiger partial charge is 0.119 e. The zero-order valence-corrected chi connectivity index (χ0v) is 11.8. The molecule has 0 aromatic heterocycles. The molecule has 0 amide bonds. The molecular weight excluding hydrogens is 246 g/mol. The third kappa shape index (κ3) is 2.74. The molecule has 0 radical (unpaired) electrons. The van der Waals surface area contributed by atoms with Crippen molar-refractivity contribution in [3.8, 4) is 5.75 Å². The molecule has 2 aromatic carbocycles. The summed E-state index contributed by atoms with van der Waals surface area (Å²) in [6, 6.07) is 16.7. The van der Waals surface area contributed by atoms with Gasteiger partial charge in [-0.15, -0.1) is 0 Å². The fraction of sp³-hybridized carbons (Fsp3) is 0.278. The monoisotopic (exact) mass is 265 g/mol. The Kier molecular flexibility index (Phi) is 3.82. The molecular formula is C18H19NO. The maximum absolute atomic E-state index is 5.30. The van der Waals surface area contributed by atoms with Gasteiger partial charge in [-0.05, 0) is 54.2 Å². The molecule has 0 bridgehead atoms. The van der Waals surface area contributed by atoms with Gasteiger partial charge in [0.05, 0.1) is 13.7 Å². The molecule has 0 N–H and O–H groups in total. The third-order valence-electron chi connectivity index (χ3n) is 3.78. The van der Waals surface area contributed by atoms with Crippen molar-refractivity contribution in [2.24, 2.45) is 4.99 Å². The van der Waals surface area contributed by atoms with Gasteiger partial charge in [-0.25, -0.2) is 0 Å². The summed E-state index contributed by atoms with van der Waals surface area (Å²) in [5.74, 6) is 0.938. The van der Waals surface area contributed by atoms with Crippen LogP contribution in [0.3, 0.4) is 0 Å². The number of fused-ring (bicyclic) bond motifs is 1. The number of hydrogen-bond acceptors (Lipinski definition) is 2. The van der Waals surface area contributed by atoms with E-state index in [-0.39, 0.29) is 0 Å². The van der Waals surface area contributed by atoms with Crippen LogP contribution < -0.4 is 4.74 Å². The highest BCUT2D eigenvalue weighted by Crippen LogP contribution is 2.26. The predicted octanol–water partition coefficient (Wildman–Crippen LogP) is 4.02. The Balaban J connectivity index is 1.86. The van der Waals surface area contributed by atoms with Gasteiger partial charge in [0.1, 0.15) is 5.75 Å². The van der Waals surface area contributed by atoms with Gasteiger partial charge in [0.25, 0.3) is 0 Å². The summed E-state index contributed by atoms with van der Waals surface area (Å²) in [7, 11) is 1.72. The topological polar surface area (TPSA) is 21.6 Å². The van der Waals surface area contributed by atoms with Gasteiger partial charge in [-0.3, -0.25) is 4.99 Å². The van der Waals surface area contributed by atoms with Crippen LogP contribution in [0.1, 0.15) is 29.5 Å². The Labute approximate surface area is 120 Å². The molecule has 20 heavy (non-hydrogen) atoms. The number of aliphatic imine (C=N–C) groups is 1. The van der Waals surface area contributed by atoms with E-state index in [2.05, 4.69) is 36.4 Å². The van der Waals surface area contributed by atoms with Crippen molar-refractivity contribution in [3.05, 3.63) is 65.2 Å². The average molecular weight is 265 g/mol. The summed E-state index contributed by atoms with van der Waals surface area (Å²) in [6.45, 7) is 0.766. The van der Waals surface area contributed by atoms with Crippen LogP contribution in [0.4, 0.5) is 0 Å². The van der Waals surface area contributed by atoms with Crippen molar-refractivity contribution in [2.45, 2.75) is 25.8 Å². The lowest BCUT2D eigenvalue weighted by molar-refractivity contribution is 0.414. The molecule has 0 saturated heterocycles. The Morgan fingerprint density at radius 1 is 1.05 bits per heavy atom. The quantitative estimate of drug-likeness (QED) is 0.821. The fourth-order valence-electron chi connectivity index (χ4n) is 2.70. The minimum atomic E-state index is 0.766. The van der Waals surface area contributed by atoms with E-state index in [1.54, 1.807) is 7.11 Å². The molecule has 1 aliphatic rings. The molecule has 0 heterocycles. The number of hydrogen-bond donors (Lipinski definition) is 0. The number of aryl methyl sites for hydroxylation is 1. The molecule has 102 valence electrons. The van der Waals surface area contributed by atoms with E-state index < -0.39 is 0 Å². The van der Waals surface area contributed by atoms with Crippen LogP contribution >= 0.6 is 0 Å². The first kappa shape index (κ1) is 12.9. The van der Waals surface area contributed by atoms with Crippen LogP contribution in [-0.2, 0) is 13.0 Å². The van der Waals surface area contributed by atoms with Gasteiger partial charge in [-0.1, -0.05) is 30.3 Å². The molecule has 3 rings (SSSR count). The van der Waals surface area contributed by atoms with E-state index in [1.165, 1.54) is 28.8 Å². The van der Waals surface area contributed by atoms with E-state index in [0.717, 1.165) is 25.1 Å². The minimum Gasteiger partial charge on any atom is -0.497 e. The molecule has 1 aliphatic carbocycles. The van der Waals surface area contributed by atoms with Crippen LogP contribution in [0.25, 0.3) is 0 Å². The molecule has 0 atom stereocenters. The van der Waals surface area contributed by atoms with Crippen LogP contribution in [-0.4, -0.2) is 12.8 Å². The normalized spacial score (nSPS) is 15.9. The highest BCUT2D eigenvalue weighted by atomic mass is 16.5. The van der Waals surface area contributed by atoms with Gasteiger partial charge in [0, 0.05) is 5.71 Å². The lowest BCUT2D eigenvalue weighted by Gasteiger charge is -2.18. The van der Waals surface area contributed by atoms with Crippen LogP contribution in [0.2, 0.25) is 0 Å². The van der Waals surface area contributed by atoms with Crippen molar-refractivity contribution < 1.29 is 4.74 Å². The van der Waals surface area contributed by atoms with E-state index in [4.69, 9.17) is 9.73 Å². The molecule has 0 unspecified atom stereocenters. The first-order valence-corrected chi connectivity index (χ1v) is 7.11. The zero-order valence-electron chi connectivity index (χ0n) is 11.8. The first-order valence-electron chi connectivity index (χ1n) is 7.11. The van der Waals surface area contributed by atoms with Crippen LogP contribution in [0, 0.1) is 0 Å². The van der Waals surface area contributed by atoms with E-state index in [0.29, 0.717) is 0 Å². The van der Waals surface area contributed by atoms with Crippen molar-refractivity contribution in [3.63, 3.8) is 0 Å². The van der Waals surface area contributed by atoms with Crippen LogP contribution in [0.5, 0.6) is 5.75 Å². The van der Waals surface area contributed by atoms with Gasteiger partial charge in [-0.2, -0.15) is 0 Å². The SMILES string of the molecule is COc1ccc2c(c1)CCCC2=NCc1ccccc1. The predicted molar refractivity (Wildman–Crippen MR) is 82.6 cm³/mol. The molecule has 0 saturated carbocycles. The van der Waals surface area contributed by atoms with Crippen molar-refractivity contribution in [1.82, 2.24) is 0 Å². The van der Waals surface area contributed by atoms with Gasteiger partial charge in [0.15, 0.2) is 0 Å². The number of rotatable bonds is 3. The maximum Gasteiger partial charge on any atom is 0.119 e. The summed E-state index contributed by atoms with van der Waals surface area (Å²) in [6.07, 6.45) is 3.37. The Hall–Kier alpha value is -2.09. The Morgan fingerprint density at radius 2 is 1.90 bits per heavy atom. The summed E-state index contributed by atoms with van der Waals surface area (Å²) in [4.78, 5) is 4.83. The molecule has 2 heteroatoms. The first-order chi connectivity index (χ1) is 9.86. The van der Waals surface area contributed by atoms with Gasteiger partial charge in [0.2, 0.25) is 0 Å². The van der Waals surface area contributed by atoms with Gasteiger partial charge >= 0.3 is 0 Å². The molecule has 0 fully saturated rings. The van der Waals surface area contributed by atoms with Crippen molar-refractivity contribution >= 4 is 5.71 Å². The molecule has 2 nitrogen and oxygen atoms in total. The van der Waals surface area contributed by atoms with Crippen molar-refractivity contribution in [2.75, 3.05) is 7.11 Å². The van der Waals surface area contributed by atoms with Crippen molar-refractivity contribution in [1.29, 1.82) is 0 Å². The fourth-order valence-corrected chi connectivity index (χ4v) is 2.70. The second-order valence-electron chi connectivity index (χ2n) is 5.13. The second-order valence-corrected chi connectivity index (χ2v) is 5.13. The van der Waals surface area contributed by atoms with E-state index in [9.17, 15) is 0 Å². The standard InChI is InChI=1S/C18H19NO/c1-20-16-10-11-17-15(12-16)8-5-9-18(17)19-13-14-6-3-2-4-7-14/h2-4,6-7,10-12H,5,8-9,13H2,1H3. The minimum absolute atomic E-state index is 0.766. The Morgan fingerprint density at radius 3 is 2.70 bits per heavy atom. The number of nitrogens with zero attached hydrogens (tertiary/aromatic N) is 1. The van der Waals surface area contributed by atoms with E-state index in [1.807, 2.05) is 12.1 Å². The summed E-state index contributed by atoms with van der Waals surface area (Å²) >= 11 is 0. The molecule has 0 aliphatic heterocycles. The summed E-state index contributed by atoms with van der Waals surface area (Å²) in [5, 5.41) is 0. The number of benzene rings is 2. The number of methoxy groups -OCH3 is 1. The summed E-state index contributed by atoms with van der Waals surface area (Å²) < 4.78 is 5.30. The van der Waals surface area contributed by atoms with E-state index >= 15 is 0 Å². The highest BCUT2D eigenvalue weighted by molar-refractivity contribution is 6.02.